The number of aliphatic hydroxyl groups is 1. The molecule has 0 aromatic heterocycles. The fraction of sp³-hybridized carbons (Fsp3) is 0.385. The minimum absolute atomic E-state index is 0.0194. The van der Waals surface area contributed by atoms with Crippen molar-refractivity contribution in [3.05, 3.63) is 35.4 Å². The van der Waals surface area contributed by atoms with Gasteiger partial charge in [-0.25, -0.2) is 13.6 Å². The molecule has 1 aliphatic heterocycles. The van der Waals surface area contributed by atoms with E-state index in [2.05, 4.69) is 4.74 Å². The first kappa shape index (κ1) is 14.4. The third kappa shape index (κ3) is 2.49. The van der Waals surface area contributed by atoms with Crippen molar-refractivity contribution in [1.82, 2.24) is 4.90 Å². The van der Waals surface area contributed by atoms with Crippen LogP contribution in [0, 0.1) is 11.6 Å². The predicted octanol–water partition coefficient (Wildman–Crippen LogP) is 0.713. The van der Waals surface area contributed by atoms with E-state index >= 15 is 0 Å². The maximum Gasteiger partial charge on any atom is 0.328 e. The number of hydrogen-bond acceptors (Lipinski definition) is 4. The zero-order chi connectivity index (χ0) is 14.9. The van der Waals surface area contributed by atoms with Gasteiger partial charge in [-0.2, -0.15) is 0 Å². The molecule has 1 heterocycles. The van der Waals surface area contributed by atoms with Crippen LogP contribution in [0.3, 0.4) is 0 Å². The minimum atomic E-state index is -1.04. The average Bonchev–Trinajstić information content (AvgIpc) is 2.79. The maximum atomic E-state index is 13.6. The Morgan fingerprint density at radius 1 is 1.35 bits per heavy atom. The molecule has 2 atom stereocenters. The van der Waals surface area contributed by atoms with Gasteiger partial charge in [0.1, 0.15) is 23.2 Å². The Morgan fingerprint density at radius 2 is 1.95 bits per heavy atom. The van der Waals surface area contributed by atoms with Crippen molar-refractivity contribution in [2.75, 3.05) is 13.7 Å². The summed E-state index contributed by atoms with van der Waals surface area (Å²) in [6.45, 7) is -0.174. The minimum Gasteiger partial charge on any atom is -0.467 e. The molecule has 1 aromatic rings. The van der Waals surface area contributed by atoms with Crippen LogP contribution in [0.25, 0.3) is 0 Å². The SMILES string of the molecule is COC(=O)C1CC(O)CN1C(=O)c1c(F)cccc1F. The Bertz CT molecular complexity index is 529. The number of hydrogen-bond donors (Lipinski definition) is 1. The number of benzene rings is 1. The molecule has 7 heteroatoms. The molecule has 20 heavy (non-hydrogen) atoms. The molecule has 108 valence electrons. The van der Waals surface area contributed by atoms with Crippen molar-refractivity contribution in [3.8, 4) is 0 Å². The Kier molecular flexibility index (Phi) is 3.99. The summed E-state index contributed by atoms with van der Waals surface area (Å²) in [5.74, 6) is -3.74. The van der Waals surface area contributed by atoms with E-state index in [0.29, 0.717) is 0 Å². The Hall–Kier alpha value is -2.02. The zero-order valence-corrected chi connectivity index (χ0v) is 10.7. The van der Waals surface area contributed by atoms with E-state index in [1.807, 2.05) is 0 Å². The molecule has 0 bridgehead atoms. The lowest BCUT2D eigenvalue weighted by Crippen LogP contribution is -2.41. The highest BCUT2D eigenvalue weighted by atomic mass is 19.1. The van der Waals surface area contributed by atoms with Crippen LogP contribution in [0.5, 0.6) is 0 Å². The van der Waals surface area contributed by atoms with Gasteiger partial charge >= 0.3 is 5.97 Å². The fourth-order valence-corrected chi connectivity index (χ4v) is 2.24. The van der Waals surface area contributed by atoms with Crippen molar-refractivity contribution in [1.29, 1.82) is 0 Å². The van der Waals surface area contributed by atoms with E-state index in [4.69, 9.17) is 0 Å². The summed E-state index contributed by atoms with van der Waals surface area (Å²) in [6, 6.07) is 2.01. The summed E-state index contributed by atoms with van der Waals surface area (Å²) in [5.41, 5.74) is -0.740. The molecule has 0 radical (unpaired) electrons. The predicted molar refractivity (Wildman–Crippen MR) is 63.8 cm³/mol. The van der Waals surface area contributed by atoms with Gasteiger partial charge in [-0.3, -0.25) is 4.79 Å². The number of β-amino-alcohol motifs (C(OH)–C–C–N with tert-alkyl or cyclic N) is 1. The summed E-state index contributed by atoms with van der Waals surface area (Å²) < 4.78 is 31.7. The molecule has 1 amide bonds. The molecular formula is C13H13F2NO4. The second-order valence-electron chi connectivity index (χ2n) is 4.48. The first-order chi connectivity index (χ1) is 9.45. The highest BCUT2D eigenvalue weighted by Gasteiger charge is 2.41. The third-order valence-electron chi connectivity index (χ3n) is 3.19. The molecule has 2 rings (SSSR count). The second-order valence-corrected chi connectivity index (χ2v) is 4.48. The van der Waals surface area contributed by atoms with E-state index in [1.165, 1.54) is 0 Å². The van der Waals surface area contributed by atoms with Crippen LogP contribution in [0.1, 0.15) is 16.8 Å². The monoisotopic (exact) mass is 285 g/mol. The van der Waals surface area contributed by atoms with Gasteiger partial charge in [0.15, 0.2) is 0 Å². The van der Waals surface area contributed by atoms with E-state index in [9.17, 15) is 23.5 Å². The van der Waals surface area contributed by atoms with Crippen LogP contribution in [0.2, 0.25) is 0 Å². The van der Waals surface area contributed by atoms with Crippen LogP contribution in [-0.4, -0.2) is 47.7 Å². The largest absolute Gasteiger partial charge is 0.467 e. The summed E-state index contributed by atoms with van der Waals surface area (Å²) in [6.07, 6.45) is -0.952. The molecule has 0 aliphatic carbocycles. The summed E-state index contributed by atoms with van der Waals surface area (Å²) in [7, 11) is 1.14. The number of halogens is 2. The lowest BCUT2D eigenvalue weighted by molar-refractivity contribution is -0.145. The highest BCUT2D eigenvalue weighted by Crippen LogP contribution is 2.24. The molecule has 5 nitrogen and oxygen atoms in total. The average molecular weight is 285 g/mol. The van der Waals surface area contributed by atoms with Gasteiger partial charge in [0, 0.05) is 13.0 Å². The summed E-state index contributed by atoms with van der Waals surface area (Å²) in [5, 5.41) is 9.56. The molecule has 1 aliphatic rings. The van der Waals surface area contributed by atoms with Crippen LogP contribution in [-0.2, 0) is 9.53 Å². The topological polar surface area (TPSA) is 66.8 Å². The number of amides is 1. The van der Waals surface area contributed by atoms with Gasteiger partial charge in [0.25, 0.3) is 5.91 Å². The van der Waals surface area contributed by atoms with Crippen LogP contribution in [0.15, 0.2) is 18.2 Å². The Balaban J connectivity index is 2.34. The fourth-order valence-electron chi connectivity index (χ4n) is 2.24. The van der Waals surface area contributed by atoms with Crippen LogP contribution in [0.4, 0.5) is 8.78 Å². The Morgan fingerprint density at radius 3 is 2.50 bits per heavy atom. The second kappa shape index (κ2) is 5.54. The normalized spacial score (nSPS) is 21.9. The highest BCUT2D eigenvalue weighted by molar-refractivity contribution is 5.97. The lowest BCUT2D eigenvalue weighted by atomic mass is 10.1. The summed E-state index contributed by atoms with van der Waals surface area (Å²) in [4.78, 5) is 24.7. The molecule has 1 aromatic carbocycles. The quantitative estimate of drug-likeness (QED) is 0.813. The number of likely N-dealkylation sites (tertiary alicyclic amines) is 1. The standard InChI is InChI=1S/C13H13F2NO4/c1-20-13(19)10-5-7(17)6-16(10)12(18)11-8(14)3-2-4-9(11)15/h2-4,7,10,17H,5-6H2,1H3. The Labute approximate surface area is 113 Å². The molecule has 1 N–H and O–H groups in total. The van der Waals surface area contributed by atoms with Crippen molar-refractivity contribution < 1.29 is 28.2 Å². The number of ether oxygens (including phenoxy) is 1. The first-order valence-corrected chi connectivity index (χ1v) is 5.96. The number of methoxy groups -OCH3 is 1. The van der Waals surface area contributed by atoms with Gasteiger partial charge in [0.05, 0.1) is 13.2 Å². The molecular weight excluding hydrogens is 272 g/mol. The van der Waals surface area contributed by atoms with Crippen molar-refractivity contribution in [2.24, 2.45) is 0 Å². The lowest BCUT2D eigenvalue weighted by Gasteiger charge is -2.22. The maximum absolute atomic E-state index is 13.6. The van der Waals surface area contributed by atoms with E-state index in [1.54, 1.807) is 0 Å². The van der Waals surface area contributed by atoms with Gasteiger partial charge in [-0.15, -0.1) is 0 Å². The van der Waals surface area contributed by atoms with E-state index in [-0.39, 0.29) is 13.0 Å². The molecule has 0 saturated carbocycles. The van der Waals surface area contributed by atoms with E-state index < -0.39 is 41.2 Å². The number of aliphatic hydroxyl groups excluding tert-OH is 1. The van der Waals surface area contributed by atoms with Gasteiger partial charge < -0.3 is 14.7 Å². The number of esters is 1. The molecule has 1 fully saturated rings. The van der Waals surface area contributed by atoms with Gasteiger partial charge in [0.2, 0.25) is 0 Å². The van der Waals surface area contributed by atoms with Crippen molar-refractivity contribution in [3.63, 3.8) is 0 Å². The van der Waals surface area contributed by atoms with Crippen LogP contribution < -0.4 is 0 Å². The van der Waals surface area contributed by atoms with Crippen LogP contribution >= 0.6 is 0 Å². The smallest absolute Gasteiger partial charge is 0.328 e. The number of carbonyl (C=O) groups is 2. The molecule has 0 spiro atoms. The number of rotatable bonds is 2. The number of carbonyl (C=O) groups excluding carboxylic acids is 2. The van der Waals surface area contributed by atoms with Crippen molar-refractivity contribution >= 4 is 11.9 Å². The molecule has 1 saturated heterocycles. The number of nitrogens with zero attached hydrogens (tertiary/aromatic N) is 1. The van der Waals surface area contributed by atoms with Gasteiger partial charge in [-0.05, 0) is 12.1 Å². The van der Waals surface area contributed by atoms with Gasteiger partial charge in [-0.1, -0.05) is 6.07 Å². The first-order valence-electron chi connectivity index (χ1n) is 5.96. The third-order valence-corrected chi connectivity index (χ3v) is 3.19. The zero-order valence-electron chi connectivity index (χ0n) is 10.7. The summed E-state index contributed by atoms with van der Waals surface area (Å²) >= 11 is 0. The van der Waals surface area contributed by atoms with Crippen molar-refractivity contribution in [2.45, 2.75) is 18.6 Å². The molecule has 2 unspecified atom stereocenters. The van der Waals surface area contributed by atoms with E-state index in [0.717, 1.165) is 30.2 Å².